The van der Waals surface area contributed by atoms with Gasteiger partial charge in [-0.25, -0.2) is 9.18 Å². The largest absolute Gasteiger partial charge is 0.488 e. The van der Waals surface area contributed by atoms with Gasteiger partial charge in [0.05, 0.1) is 0 Å². The van der Waals surface area contributed by atoms with Gasteiger partial charge in [-0.2, -0.15) is 0 Å². The number of hydrogen-bond donors (Lipinski definition) is 2. The summed E-state index contributed by atoms with van der Waals surface area (Å²) in [5.74, 6) is -1.60. The minimum Gasteiger partial charge on any atom is -0.488 e. The average molecular weight is 340 g/mol. The van der Waals surface area contributed by atoms with Gasteiger partial charge in [-0.3, -0.25) is 20.2 Å². The van der Waals surface area contributed by atoms with Crippen molar-refractivity contribution in [2.45, 2.75) is 6.61 Å². The number of nitrogens with one attached hydrogen (secondary N) is 2. The number of rotatable bonds is 4. The van der Waals surface area contributed by atoms with E-state index in [1.807, 2.05) is 10.6 Å². The van der Waals surface area contributed by atoms with Crippen molar-refractivity contribution in [3.05, 3.63) is 71.0 Å². The second-order valence-corrected chi connectivity index (χ2v) is 5.21. The quantitative estimate of drug-likeness (QED) is 0.660. The van der Waals surface area contributed by atoms with Crippen LogP contribution in [-0.4, -0.2) is 17.8 Å². The van der Waals surface area contributed by atoms with Gasteiger partial charge in [0.25, 0.3) is 11.8 Å². The van der Waals surface area contributed by atoms with E-state index in [0.717, 1.165) is 0 Å². The second kappa shape index (κ2) is 6.96. The van der Waals surface area contributed by atoms with Gasteiger partial charge >= 0.3 is 6.03 Å². The number of imide groups is 2. The SMILES string of the molecule is O=C1NC(=O)C(=Cc2ccccc2OCc2ccccc2F)C(=O)N1. The predicted octanol–water partition coefficient (Wildman–Crippen LogP) is 2.15. The lowest BCUT2D eigenvalue weighted by molar-refractivity contribution is -0.123. The first kappa shape index (κ1) is 16.4. The Morgan fingerprint density at radius 2 is 1.56 bits per heavy atom. The molecule has 1 aliphatic rings. The van der Waals surface area contributed by atoms with Crippen LogP contribution in [0.25, 0.3) is 6.08 Å². The van der Waals surface area contributed by atoms with Crippen LogP contribution in [0.2, 0.25) is 0 Å². The minimum atomic E-state index is -0.865. The summed E-state index contributed by atoms with van der Waals surface area (Å²) < 4.78 is 19.3. The van der Waals surface area contributed by atoms with E-state index in [1.165, 1.54) is 12.1 Å². The maximum Gasteiger partial charge on any atom is 0.328 e. The third kappa shape index (κ3) is 3.72. The van der Waals surface area contributed by atoms with E-state index in [0.29, 0.717) is 16.9 Å². The van der Waals surface area contributed by atoms with Gasteiger partial charge in [-0.15, -0.1) is 0 Å². The predicted molar refractivity (Wildman–Crippen MR) is 86.8 cm³/mol. The fourth-order valence-corrected chi connectivity index (χ4v) is 2.26. The molecule has 0 aliphatic carbocycles. The fraction of sp³-hybridized carbons (Fsp3) is 0.0556. The first-order valence-electron chi connectivity index (χ1n) is 7.38. The molecule has 1 aliphatic heterocycles. The van der Waals surface area contributed by atoms with E-state index in [2.05, 4.69) is 0 Å². The fourth-order valence-electron chi connectivity index (χ4n) is 2.26. The molecule has 6 nitrogen and oxygen atoms in total. The zero-order valence-electron chi connectivity index (χ0n) is 12.9. The average Bonchev–Trinajstić information content (AvgIpc) is 2.58. The molecular weight excluding hydrogens is 327 g/mol. The Labute approximate surface area is 142 Å². The van der Waals surface area contributed by atoms with Crippen molar-refractivity contribution in [1.29, 1.82) is 0 Å². The number of amides is 4. The van der Waals surface area contributed by atoms with Crippen molar-refractivity contribution in [3.8, 4) is 5.75 Å². The summed E-state index contributed by atoms with van der Waals surface area (Å²) in [5.41, 5.74) is 0.610. The monoisotopic (exact) mass is 340 g/mol. The zero-order valence-corrected chi connectivity index (χ0v) is 12.9. The summed E-state index contributed by atoms with van der Waals surface area (Å²) in [4.78, 5) is 34.7. The molecule has 25 heavy (non-hydrogen) atoms. The Hall–Kier alpha value is -3.48. The molecule has 1 saturated heterocycles. The van der Waals surface area contributed by atoms with Crippen molar-refractivity contribution in [2.75, 3.05) is 0 Å². The molecule has 4 amide bonds. The molecule has 126 valence electrons. The number of halogens is 1. The number of ether oxygens (including phenoxy) is 1. The number of barbiturate groups is 1. The molecule has 1 heterocycles. The summed E-state index contributed by atoms with van der Waals surface area (Å²) >= 11 is 0. The van der Waals surface area contributed by atoms with E-state index in [-0.39, 0.29) is 18.0 Å². The lowest BCUT2D eigenvalue weighted by atomic mass is 10.1. The highest BCUT2D eigenvalue weighted by atomic mass is 19.1. The van der Waals surface area contributed by atoms with Crippen LogP contribution in [0.1, 0.15) is 11.1 Å². The van der Waals surface area contributed by atoms with E-state index < -0.39 is 17.8 Å². The van der Waals surface area contributed by atoms with Crippen LogP contribution in [0.3, 0.4) is 0 Å². The van der Waals surface area contributed by atoms with E-state index in [9.17, 15) is 18.8 Å². The van der Waals surface area contributed by atoms with Crippen LogP contribution in [0.5, 0.6) is 5.75 Å². The van der Waals surface area contributed by atoms with E-state index >= 15 is 0 Å². The molecule has 0 bridgehead atoms. The first-order chi connectivity index (χ1) is 12.0. The number of urea groups is 1. The highest BCUT2D eigenvalue weighted by Crippen LogP contribution is 2.23. The third-order valence-electron chi connectivity index (χ3n) is 3.50. The number of hydrogen-bond acceptors (Lipinski definition) is 4. The van der Waals surface area contributed by atoms with Crippen molar-refractivity contribution < 1.29 is 23.5 Å². The Morgan fingerprint density at radius 3 is 2.28 bits per heavy atom. The van der Waals surface area contributed by atoms with Crippen molar-refractivity contribution in [3.63, 3.8) is 0 Å². The van der Waals surface area contributed by atoms with E-state index in [1.54, 1.807) is 42.5 Å². The Bertz CT molecular complexity index is 870. The van der Waals surface area contributed by atoms with Gasteiger partial charge in [-0.05, 0) is 18.2 Å². The molecule has 2 N–H and O–H groups in total. The Balaban J connectivity index is 1.85. The molecule has 2 aromatic carbocycles. The molecule has 0 aromatic heterocycles. The molecule has 0 radical (unpaired) electrons. The first-order valence-corrected chi connectivity index (χ1v) is 7.38. The molecule has 3 rings (SSSR count). The van der Waals surface area contributed by atoms with Crippen molar-refractivity contribution in [1.82, 2.24) is 10.6 Å². The van der Waals surface area contributed by atoms with Crippen LogP contribution < -0.4 is 15.4 Å². The number of para-hydroxylation sites is 1. The van der Waals surface area contributed by atoms with Crippen LogP contribution in [0.4, 0.5) is 9.18 Å². The van der Waals surface area contributed by atoms with Gasteiger partial charge < -0.3 is 4.74 Å². The number of carbonyl (C=O) groups is 3. The molecule has 2 aromatic rings. The highest BCUT2D eigenvalue weighted by molar-refractivity contribution is 6.31. The summed E-state index contributed by atoms with van der Waals surface area (Å²) in [7, 11) is 0. The molecule has 0 atom stereocenters. The maximum absolute atomic E-state index is 13.7. The summed E-state index contributed by atoms with van der Waals surface area (Å²) in [6.45, 7) is -0.0102. The molecule has 7 heteroatoms. The summed E-state index contributed by atoms with van der Waals surface area (Å²) in [6.07, 6.45) is 1.31. The number of carbonyl (C=O) groups excluding carboxylic acids is 3. The van der Waals surface area contributed by atoms with Gasteiger partial charge in [-0.1, -0.05) is 36.4 Å². The number of benzene rings is 2. The van der Waals surface area contributed by atoms with Gasteiger partial charge in [0, 0.05) is 11.1 Å². The second-order valence-electron chi connectivity index (χ2n) is 5.21. The van der Waals surface area contributed by atoms with Crippen LogP contribution in [-0.2, 0) is 16.2 Å². The van der Waals surface area contributed by atoms with Gasteiger partial charge in [0.15, 0.2) is 0 Å². The topological polar surface area (TPSA) is 84.5 Å². The summed E-state index contributed by atoms with van der Waals surface area (Å²) in [5, 5.41) is 3.99. The zero-order chi connectivity index (χ0) is 17.8. The minimum absolute atomic E-state index is 0.0102. The maximum atomic E-state index is 13.7. The van der Waals surface area contributed by atoms with Crippen LogP contribution in [0.15, 0.2) is 54.1 Å². The Kier molecular flexibility index (Phi) is 4.56. The van der Waals surface area contributed by atoms with Crippen LogP contribution in [0, 0.1) is 5.82 Å². The standard InChI is InChI=1S/C18H13FN2O4/c19-14-7-3-1-6-12(14)10-25-15-8-4-2-5-11(15)9-13-16(22)20-18(24)21-17(13)23/h1-9H,10H2,(H2,20,21,22,23,24). The Morgan fingerprint density at radius 1 is 0.920 bits per heavy atom. The van der Waals surface area contributed by atoms with Crippen molar-refractivity contribution in [2.24, 2.45) is 0 Å². The highest BCUT2D eigenvalue weighted by Gasteiger charge is 2.27. The van der Waals surface area contributed by atoms with E-state index in [4.69, 9.17) is 4.74 Å². The summed E-state index contributed by atoms with van der Waals surface area (Å²) in [6, 6.07) is 12.0. The van der Waals surface area contributed by atoms with Gasteiger partial charge in [0.1, 0.15) is 23.7 Å². The lowest BCUT2D eigenvalue weighted by Crippen LogP contribution is -2.51. The molecular formula is C18H13FN2O4. The van der Waals surface area contributed by atoms with Crippen molar-refractivity contribution >= 4 is 23.9 Å². The normalized spacial score (nSPS) is 14.0. The molecule has 0 spiro atoms. The molecule has 0 saturated carbocycles. The van der Waals surface area contributed by atoms with Gasteiger partial charge in [0.2, 0.25) is 0 Å². The van der Waals surface area contributed by atoms with Crippen LogP contribution >= 0.6 is 0 Å². The smallest absolute Gasteiger partial charge is 0.328 e. The lowest BCUT2D eigenvalue weighted by Gasteiger charge is -2.15. The molecule has 0 unspecified atom stereocenters. The third-order valence-corrected chi connectivity index (χ3v) is 3.50. The molecule has 1 fully saturated rings.